The zero-order valence-electron chi connectivity index (χ0n) is 15.6. The van der Waals surface area contributed by atoms with Gasteiger partial charge in [-0.2, -0.15) is 0 Å². The molecule has 1 unspecified atom stereocenters. The number of phenols is 2. The molecule has 0 aromatic heterocycles. The van der Waals surface area contributed by atoms with E-state index in [-0.39, 0.29) is 17.4 Å². The summed E-state index contributed by atoms with van der Waals surface area (Å²) in [7, 11) is 0. The maximum Gasteiger partial charge on any atom is 0.340 e. The second kappa shape index (κ2) is 9.62. The third kappa shape index (κ3) is 5.74. The van der Waals surface area contributed by atoms with E-state index in [4.69, 9.17) is 4.74 Å². The number of carbonyl (C=O) groups excluding carboxylic acids is 2. The van der Waals surface area contributed by atoms with Gasteiger partial charge >= 0.3 is 5.97 Å². The van der Waals surface area contributed by atoms with Gasteiger partial charge in [0.15, 0.2) is 11.5 Å². The lowest BCUT2D eigenvalue weighted by atomic mass is 9.99. The third-order valence-corrected chi connectivity index (χ3v) is 4.17. The molecule has 0 fully saturated rings. The first kappa shape index (κ1) is 20.3. The number of carbonyl (C=O) groups is 2. The van der Waals surface area contributed by atoms with Gasteiger partial charge in [-0.15, -0.1) is 0 Å². The first-order chi connectivity index (χ1) is 12.9. The van der Waals surface area contributed by atoms with E-state index in [1.54, 1.807) is 37.3 Å². The molecule has 0 aliphatic carbocycles. The van der Waals surface area contributed by atoms with E-state index in [0.717, 1.165) is 18.4 Å². The Bertz CT molecular complexity index is 803. The normalized spacial score (nSPS) is 11.6. The lowest BCUT2D eigenvalue weighted by molar-refractivity contribution is -0.119. The SMILES string of the molecule is CCCCOC(=O)c1ccccc1NC(=O)C(C)Cc1ccc(O)c(O)c1. The van der Waals surface area contributed by atoms with Crippen molar-refractivity contribution < 1.29 is 24.5 Å². The number of anilines is 1. The van der Waals surface area contributed by atoms with Gasteiger partial charge in [0, 0.05) is 5.92 Å². The van der Waals surface area contributed by atoms with Crippen molar-refractivity contribution in [2.24, 2.45) is 5.92 Å². The monoisotopic (exact) mass is 371 g/mol. The number of para-hydroxylation sites is 1. The summed E-state index contributed by atoms with van der Waals surface area (Å²) in [6.45, 7) is 4.11. The van der Waals surface area contributed by atoms with Crippen LogP contribution in [0, 0.1) is 5.92 Å². The molecule has 1 amide bonds. The van der Waals surface area contributed by atoms with E-state index < -0.39 is 11.9 Å². The fourth-order valence-electron chi connectivity index (χ4n) is 2.56. The van der Waals surface area contributed by atoms with Crippen LogP contribution in [0.25, 0.3) is 0 Å². The molecule has 0 saturated heterocycles. The van der Waals surface area contributed by atoms with E-state index >= 15 is 0 Å². The summed E-state index contributed by atoms with van der Waals surface area (Å²) in [4.78, 5) is 24.8. The molecule has 0 radical (unpaired) electrons. The average molecular weight is 371 g/mol. The summed E-state index contributed by atoms with van der Waals surface area (Å²) in [5.74, 6) is -1.54. The Morgan fingerprint density at radius 1 is 1.11 bits per heavy atom. The minimum Gasteiger partial charge on any atom is -0.504 e. The highest BCUT2D eigenvalue weighted by atomic mass is 16.5. The minimum atomic E-state index is -0.463. The number of amides is 1. The Morgan fingerprint density at radius 2 is 1.85 bits per heavy atom. The molecule has 0 saturated carbocycles. The van der Waals surface area contributed by atoms with Crippen molar-refractivity contribution in [3.05, 3.63) is 53.6 Å². The Hall–Kier alpha value is -3.02. The van der Waals surface area contributed by atoms with E-state index in [1.165, 1.54) is 12.1 Å². The number of rotatable bonds is 8. The minimum absolute atomic E-state index is 0.202. The summed E-state index contributed by atoms with van der Waals surface area (Å²) in [5.41, 5.74) is 1.45. The average Bonchev–Trinajstić information content (AvgIpc) is 2.65. The van der Waals surface area contributed by atoms with Crippen molar-refractivity contribution in [2.75, 3.05) is 11.9 Å². The van der Waals surface area contributed by atoms with Gasteiger partial charge in [-0.25, -0.2) is 4.79 Å². The molecule has 6 heteroatoms. The van der Waals surface area contributed by atoms with Gasteiger partial charge in [0.2, 0.25) is 5.91 Å². The van der Waals surface area contributed by atoms with Crippen LogP contribution in [-0.4, -0.2) is 28.7 Å². The first-order valence-electron chi connectivity index (χ1n) is 9.00. The predicted molar refractivity (Wildman–Crippen MR) is 103 cm³/mol. The number of nitrogens with one attached hydrogen (secondary N) is 1. The van der Waals surface area contributed by atoms with Crippen LogP contribution in [0.1, 0.15) is 42.6 Å². The van der Waals surface area contributed by atoms with Crippen molar-refractivity contribution in [1.29, 1.82) is 0 Å². The Morgan fingerprint density at radius 3 is 2.56 bits per heavy atom. The molecule has 2 rings (SSSR count). The van der Waals surface area contributed by atoms with Crippen LogP contribution in [0.4, 0.5) is 5.69 Å². The summed E-state index contributed by atoms with van der Waals surface area (Å²) in [6, 6.07) is 11.2. The summed E-state index contributed by atoms with van der Waals surface area (Å²) < 4.78 is 5.23. The summed E-state index contributed by atoms with van der Waals surface area (Å²) >= 11 is 0. The number of unbranched alkanes of at least 4 members (excludes halogenated alkanes) is 1. The van der Waals surface area contributed by atoms with Crippen LogP contribution in [0.3, 0.4) is 0 Å². The number of aromatic hydroxyl groups is 2. The van der Waals surface area contributed by atoms with Crippen LogP contribution in [0.5, 0.6) is 11.5 Å². The second-order valence-electron chi connectivity index (χ2n) is 6.45. The second-order valence-corrected chi connectivity index (χ2v) is 6.45. The number of esters is 1. The lowest BCUT2D eigenvalue weighted by Crippen LogP contribution is -2.23. The molecular formula is C21H25NO5. The molecule has 0 aliphatic heterocycles. The molecule has 0 heterocycles. The van der Waals surface area contributed by atoms with E-state index in [1.807, 2.05) is 6.92 Å². The van der Waals surface area contributed by atoms with Gasteiger partial charge in [-0.05, 0) is 42.7 Å². The van der Waals surface area contributed by atoms with Gasteiger partial charge in [0.1, 0.15) is 0 Å². The molecule has 0 spiro atoms. The van der Waals surface area contributed by atoms with Crippen molar-refractivity contribution in [3.63, 3.8) is 0 Å². The Labute approximate surface area is 158 Å². The van der Waals surface area contributed by atoms with Crippen LogP contribution >= 0.6 is 0 Å². The Balaban J connectivity index is 2.04. The van der Waals surface area contributed by atoms with Gasteiger partial charge in [0.05, 0.1) is 17.9 Å². The van der Waals surface area contributed by atoms with Crippen LogP contribution < -0.4 is 5.32 Å². The topological polar surface area (TPSA) is 95.9 Å². The highest BCUT2D eigenvalue weighted by Gasteiger charge is 2.18. The quantitative estimate of drug-likeness (QED) is 0.372. The summed E-state index contributed by atoms with van der Waals surface area (Å²) in [5, 5.41) is 21.7. The van der Waals surface area contributed by atoms with Gasteiger partial charge in [-0.1, -0.05) is 38.5 Å². The van der Waals surface area contributed by atoms with Crippen molar-refractivity contribution >= 4 is 17.6 Å². The molecular weight excluding hydrogens is 346 g/mol. The third-order valence-electron chi connectivity index (χ3n) is 4.17. The molecule has 0 bridgehead atoms. The number of hydrogen-bond acceptors (Lipinski definition) is 5. The van der Waals surface area contributed by atoms with Gasteiger partial charge < -0.3 is 20.3 Å². The van der Waals surface area contributed by atoms with E-state index in [2.05, 4.69) is 5.32 Å². The van der Waals surface area contributed by atoms with Crippen LogP contribution in [0.15, 0.2) is 42.5 Å². The molecule has 6 nitrogen and oxygen atoms in total. The molecule has 0 aliphatic rings. The maximum atomic E-state index is 12.5. The molecule has 3 N–H and O–H groups in total. The maximum absolute atomic E-state index is 12.5. The number of phenolic OH excluding ortho intramolecular Hbond substituents is 2. The summed E-state index contributed by atoms with van der Waals surface area (Å²) in [6.07, 6.45) is 2.09. The standard InChI is InChI=1S/C21H25NO5/c1-3-4-11-27-21(26)16-7-5-6-8-17(16)22-20(25)14(2)12-15-9-10-18(23)19(24)13-15/h5-10,13-14,23-24H,3-4,11-12H2,1-2H3,(H,22,25). The highest BCUT2D eigenvalue weighted by Crippen LogP contribution is 2.26. The fraction of sp³-hybridized carbons (Fsp3) is 0.333. The first-order valence-corrected chi connectivity index (χ1v) is 9.00. The highest BCUT2D eigenvalue weighted by molar-refractivity contribution is 6.01. The van der Waals surface area contributed by atoms with Gasteiger partial charge in [-0.3, -0.25) is 4.79 Å². The zero-order chi connectivity index (χ0) is 19.8. The fourth-order valence-corrected chi connectivity index (χ4v) is 2.56. The molecule has 2 aromatic rings. The van der Waals surface area contributed by atoms with Gasteiger partial charge in [0.25, 0.3) is 0 Å². The molecule has 144 valence electrons. The number of ether oxygens (including phenoxy) is 1. The number of benzene rings is 2. The predicted octanol–water partition coefficient (Wildman–Crippen LogP) is 3.87. The zero-order valence-corrected chi connectivity index (χ0v) is 15.6. The molecule has 1 atom stereocenters. The Kier molecular flexibility index (Phi) is 7.23. The molecule has 27 heavy (non-hydrogen) atoms. The smallest absolute Gasteiger partial charge is 0.340 e. The van der Waals surface area contributed by atoms with E-state index in [0.29, 0.717) is 24.3 Å². The van der Waals surface area contributed by atoms with Crippen LogP contribution in [0.2, 0.25) is 0 Å². The van der Waals surface area contributed by atoms with Crippen LogP contribution in [-0.2, 0) is 16.0 Å². The largest absolute Gasteiger partial charge is 0.504 e. The lowest BCUT2D eigenvalue weighted by Gasteiger charge is -2.15. The van der Waals surface area contributed by atoms with Crippen molar-refractivity contribution in [3.8, 4) is 11.5 Å². The van der Waals surface area contributed by atoms with E-state index in [9.17, 15) is 19.8 Å². The van der Waals surface area contributed by atoms with Crippen molar-refractivity contribution in [1.82, 2.24) is 0 Å². The van der Waals surface area contributed by atoms with Crippen molar-refractivity contribution in [2.45, 2.75) is 33.1 Å². The number of hydrogen-bond donors (Lipinski definition) is 3. The molecule has 2 aromatic carbocycles.